The van der Waals surface area contributed by atoms with Gasteiger partial charge in [-0.25, -0.2) is 9.97 Å². The van der Waals surface area contributed by atoms with Crippen molar-refractivity contribution in [3.8, 4) is 5.88 Å². The van der Waals surface area contributed by atoms with E-state index in [-0.39, 0.29) is 29.5 Å². The molecule has 0 unspecified atom stereocenters. The molecule has 0 bridgehead atoms. The fourth-order valence-corrected chi connectivity index (χ4v) is 2.10. The highest BCUT2D eigenvalue weighted by molar-refractivity contribution is 5.94. The van der Waals surface area contributed by atoms with Gasteiger partial charge in [-0.05, 0) is 23.8 Å². The summed E-state index contributed by atoms with van der Waals surface area (Å²) in [5.41, 5.74) is 6.11. The number of carbonyl (C=O) groups excluding carboxylic acids is 2. The number of primary amides is 1. The molecule has 0 atom stereocenters. The van der Waals surface area contributed by atoms with Gasteiger partial charge in [-0.3, -0.25) is 9.59 Å². The first kappa shape index (κ1) is 19.2. The number of rotatable bonds is 6. The van der Waals surface area contributed by atoms with Crippen molar-refractivity contribution in [1.82, 2.24) is 9.97 Å². The van der Waals surface area contributed by atoms with Gasteiger partial charge in [0.15, 0.2) is 6.61 Å². The van der Waals surface area contributed by atoms with Crippen LogP contribution in [0.1, 0.15) is 28.5 Å². The van der Waals surface area contributed by atoms with Crippen molar-refractivity contribution in [1.29, 1.82) is 0 Å². The first-order chi connectivity index (χ1) is 12.1. The molecule has 0 aromatic carbocycles. The minimum absolute atomic E-state index is 0.0576. The summed E-state index contributed by atoms with van der Waals surface area (Å²) in [4.78, 5) is 30.5. The molecule has 0 fully saturated rings. The molecular weight excluding hydrogens is 353 g/mol. The second-order valence-corrected chi connectivity index (χ2v) is 5.32. The van der Waals surface area contributed by atoms with Crippen LogP contribution in [0.25, 0.3) is 0 Å². The van der Waals surface area contributed by atoms with Crippen LogP contribution in [0.3, 0.4) is 0 Å². The monoisotopic (exact) mass is 368 g/mol. The molecule has 0 aliphatic rings. The largest absolute Gasteiger partial charge is 0.468 e. The Bertz CT molecular complexity index is 825. The minimum atomic E-state index is -4.51. The highest BCUT2D eigenvalue weighted by Gasteiger charge is 2.28. The molecule has 2 rings (SSSR count). The topological polar surface area (TPSA) is 107 Å². The summed E-state index contributed by atoms with van der Waals surface area (Å²) in [6.45, 7) is -0.181. The maximum absolute atomic E-state index is 12.3. The minimum Gasteiger partial charge on any atom is -0.468 e. The van der Waals surface area contributed by atoms with Crippen LogP contribution in [0, 0.1) is 0 Å². The van der Waals surface area contributed by atoms with Crippen molar-refractivity contribution in [2.24, 2.45) is 5.73 Å². The predicted molar refractivity (Wildman–Crippen MR) is 85.7 cm³/mol. The van der Waals surface area contributed by atoms with Gasteiger partial charge >= 0.3 is 6.18 Å². The van der Waals surface area contributed by atoms with E-state index in [1.807, 2.05) is 0 Å². The number of carbonyl (C=O) groups is 2. The Morgan fingerprint density at radius 3 is 2.62 bits per heavy atom. The van der Waals surface area contributed by atoms with E-state index in [1.54, 1.807) is 12.1 Å². The van der Waals surface area contributed by atoms with Gasteiger partial charge in [0.25, 0.3) is 5.91 Å². The molecule has 10 heteroatoms. The standard InChI is InChI=1S/C16H15F3N4O3/c1-9(24)22-13-7-10(4-5-21-13)6-12-11(15(20)25)2-3-14(23-12)26-8-16(17,18)19/h2-5,7H,6,8H2,1H3,(H2,20,25)(H,21,22,24). The summed E-state index contributed by atoms with van der Waals surface area (Å²) in [5.74, 6) is -1.07. The highest BCUT2D eigenvalue weighted by Crippen LogP contribution is 2.20. The molecule has 2 heterocycles. The van der Waals surface area contributed by atoms with E-state index in [0.29, 0.717) is 11.4 Å². The summed E-state index contributed by atoms with van der Waals surface area (Å²) in [7, 11) is 0. The third kappa shape index (κ3) is 5.72. The van der Waals surface area contributed by atoms with Crippen LogP contribution in [0.5, 0.6) is 5.88 Å². The van der Waals surface area contributed by atoms with E-state index in [4.69, 9.17) is 5.73 Å². The van der Waals surface area contributed by atoms with Crippen LogP contribution in [0.15, 0.2) is 30.5 Å². The molecule has 0 saturated heterocycles. The van der Waals surface area contributed by atoms with Crippen LogP contribution in [-0.4, -0.2) is 34.6 Å². The number of halogens is 3. The summed E-state index contributed by atoms with van der Waals surface area (Å²) in [5, 5.41) is 2.50. The molecule has 2 aromatic heterocycles. The highest BCUT2D eigenvalue weighted by atomic mass is 19.4. The molecule has 2 aromatic rings. The Morgan fingerprint density at radius 1 is 1.27 bits per heavy atom. The number of nitrogens with one attached hydrogen (secondary N) is 1. The van der Waals surface area contributed by atoms with Crippen molar-refractivity contribution in [2.45, 2.75) is 19.5 Å². The van der Waals surface area contributed by atoms with Gasteiger partial charge in [-0.1, -0.05) is 0 Å². The smallest absolute Gasteiger partial charge is 0.422 e. The average Bonchev–Trinajstić information content (AvgIpc) is 2.52. The second-order valence-electron chi connectivity index (χ2n) is 5.32. The average molecular weight is 368 g/mol. The maximum atomic E-state index is 12.3. The number of nitrogens with zero attached hydrogens (tertiary/aromatic N) is 2. The first-order valence-corrected chi connectivity index (χ1v) is 7.36. The molecule has 0 saturated carbocycles. The zero-order valence-electron chi connectivity index (χ0n) is 13.6. The Balaban J connectivity index is 2.28. The molecule has 26 heavy (non-hydrogen) atoms. The molecule has 0 aliphatic carbocycles. The van der Waals surface area contributed by atoms with Crippen molar-refractivity contribution in [3.63, 3.8) is 0 Å². The molecule has 0 radical (unpaired) electrons. The van der Waals surface area contributed by atoms with Gasteiger partial charge in [-0.15, -0.1) is 0 Å². The van der Waals surface area contributed by atoms with E-state index < -0.39 is 18.7 Å². The third-order valence-electron chi connectivity index (χ3n) is 3.10. The van der Waals surface area contributed by atoms with E-state index in [1.165, 1.54) is 19.2 Å². The quantitative estimate of drug-likeness (QED) is 0.812. The lowest BCUT2D eigenvalue weighted by molar-refractivity contribution is -0.154. The van der Waals surface area contributed by atoms with Crippen LogP contribution < -0.4 is 15.8 Å². The number of anilines is 1. The summed E-state index contributed by atoms with van der Waals surface area (Å²) in [6, 6.07) is 5.56. The van der Waals surface area contributed by atoms with Crippen LogP contribution in [-0.2, 0) is 11.2 Å². The van der Waals surface area contributed by atoms with E-state index in [2.05, 4.69) is 20.0 Å². The molecule has 3 N–H and O–H groups in total. The van der Waals surface area contributed by atoms with E-state index in [9.17, 15) is 22.8 Å². The predicted octanol–water partition coefficient (Wildman–Crippen LogP) is 2.07. The fraction of sp³-hybridized carbons (Fsp3) is 0.250. The van der Waals surface area contributed by atoms with Crippen molar-refractivity contribution < 1.29 is 27.5 Å². The number of hydrogen-bond acceptors (Lipinski definition) is 5. The lowest BCUT2D eigenvalue weighted by Gasteiger charge is -2.12. The summed E-state index contributed by atoms with van der Waals surface area (Å²) < 4.78 is 41.4. The van der Waals surface area contributed by atoms with Crippen molar-refractivity contribution in [3.05, 3.63) is 47.3 Å². The number of nitrogens with two attached hydrogens (primary N) is 1. The first-order valence-electron chi connectivity index (χ1n) is 7.36. The van der Waals surface area contributed by atoms with E-state index >= 15 is 0 Å². The van der Waals surface area contributed by atoms with Gasteiger partial charge in [0.05, 0.1) is 11.3 Å². The zero-order valence-corrected chi connectivity index (χ0v) is 13.6. The van der Waals surface area contributed by atoms with Crippen molar-refractivity contribution >= 4 is 17.6 Å². The lowest BCUT2D eigenvalue weighted by Crippen LogP contribution is -2.20. The Hall–Kier alpha value is -3.17. The number of alkyl halides is 3. The molecule has 7 nitrogen and oxygen atoms in total. The molecular formula is C16H15F3N4O3. The molecule has 2 amide bonds. The molecule has 138 valence electrons. The number of aromatic nitrogens is 2. The van der Waals surface area contributed by atoms with Crippen LogP contribution in [0.4, 0.5) is 19.0 Å². The Labute approximate surface area is 146 Å². The fourth-order valence-electron chi connectivity index (χ4n) is 2.10. The van der Waals surface area contributed by atoms with Crippen LogP contribution in [0.2, 0.25) is 0 Å². The zero-order chi connectivity index (χ0) is 19.3. The number of ether oxygens (including phenoxy) is 1. The van der Waals surface area contributed by atoms with Crippen molar-refractivity contribution in [2.75, 3.05) is 11.9 Å². The number of pyridine rings is 2. The van der Waals surface area contributed by atoms with Gasteiger partial charge in [-0.2, -0.15) is 13.2 Å². The summed E-state index contributed by atoms with van der Waals surface area (Å²) >= 11 is 0. The van der Waals surface area contributed by atoms with Gasteiger partial charge in [0.1, 0.15) is 5.82 Å². The van der Waals surface area contributed by atoms with Gasteiger partial charge < -0.3 is 15.8 Å². The van der Waals surface area contributed by atoms with Crippen LogP contribution >= 0.6 is 0 Å². The van der Waals surface area contributed by atoms with Gasteiger partial charge in [0, 0.05) is 25.6 Å². The summed E-state index contributed by atoms with van der Waals surface area (Å²) in [6.07, 6.45) is -2.99. The van der Waals surface area contributed by atoms with Gasteiger partial charge in [0.2, 0.25) is 11.8 Å². The number of amides is 2. The Kier molecular flexibility index (Phi) is 5.75. The molecule has 0 aliphatic heterocycles. The Morgan fingerprint density at radius 2 is 2.00 bits per heavy atom. The molecule has 0 spiro atoms. The second kappa shape index (κ2) is 7.81. The normalized spacial score (nSPS) is 11.1. The lowest BCUT2D eigenvalue weighted by atomic mass is 10.1. The third-order valence-corrected chi connectivity index (χ3v) is 3.10. The SMILES string of the molecule is CC(=O)Nc1cc(Cc2nc(OCC(F)(F)F)ccc2C(N)=O)ccn1. The van der Waals surface area contributed by atoms with E-state index in [0.717, 1.165) is 6.07 Å². The number of hydrogen-bond donors (Lipinski definition) is 2. The maximum Gasteiger partial charge on any atom is 0.422 e.